The van der Waals surface area contributed by atoms with Gasteiger partial charge >= 0.3 is 0 Å². The van der Waals surface area contributed by atoms with Gasteiger partial charge in [0.05, 0.1) is 0 Å². The van der Waals surface area contributed by atoms with Crippen molar-refractivity contribution in [1.82, 2.24) is 10.2 Å². The molecule has 0 aromatic heterocycles. The predicted octanol–water partition coefficient (Wildman–Crippen LogP) is 0.610. The van der Waals surface area contributed by atoms with Crippen molar-refractivity contribution in [3.8, 4) is 0 Å². The summed E-state index contributed by atoms with van der Waals surface area (Å²) in [7, 11) is 0. The maximum absolute atomic E-state index is 11.9. The highest BCUT2D eigenvalue weighted by atomic mass is 16.2. The molecule has 0 saturated carbocycles. The number of hydrogen-bond acceptors (Lipinski definition) is 3. The Labute approximate surface area is 101 Å². The van der Waals surface area contributed by atoms with Gasteiger partial charge in [-0.25, -0.2) is 0 Å². The van der Waals surface area contributed by atoms with E-state index in [-0.39, 0.29) is 0 Å². The number of hydrogen-bond donors (Lipinski definition) is 1. The molecule has 1 heterocycles. The molecule has 4 heteroatoms. The molecule has 1 aliphatic rings. The molecule has 4 nitrogen and oxygen atoms in total. The fourth-order valence-corrected chi connectivity index (χ4v) is 1.84. The fourth-order valence-electron chi connectivity index (χ4n) is 1.84. The third-order valence-electron chi connectivity index (χ3n) is 2.91. The van der Waals surface area contributed by atoms with Crippen LogP contribution in [-0.4, -0.2) is 42.8 Å². The molecule has 0 bridgehead atoms. The molecule has 0 aliphatic carbocycles. The monoisotopic (exact) mass is 232 g/mol. The molecule has 1 fully saturated rings. The predicted molar refractivity (Wildman–Crippen MR) is 65.0 cm³/mol. The summed E-state index contributed by atoms with van der Waals surface area (Å²) in [4.78, 5) is 25.5. The number of amides is 1. The van der Waals surface area contributed by atoms with E-state index in [1.165, 1.54) is 0 Å². The van der Waals surface area contributed by atoms with Crippen LogP contribution in [0.15, 0.2) is 24.3 Å². The summed E-state index contributed by atoms with van der Waals surface area (Å²) >= 11 is 0. The second-order valence-electron chi connectivity index (χ2n) is 4.24. The molecule has 90 valence electrons. The zero-order valence-electron chi connectivity index (χ0n) is 9.90. The van der Waals surface area contributed by atoms with Crippen LogP contribution >= 0.6 is 0 Å². The summed E-state index contributed by atoms with van der Waals surface area (Å²) in [5.74, 6) is -0.803. The van der Waals surface area contributed by atoms with Crippen molar-refractivity contribution < 1.29 is 9.59 Å². The Bertz CT molecular complexity index is 420. The largest absolute Gasteiger partial charge is 0.333 e. The summed E-state index contributed by atoms with van der Waals surface area (Å²) in [6.07, 6.45) is 0. The lowest BCUT2D eigenvalue weighted by Gasteiger charge is -2.26. The third-order valence-corrected chi connectivity index (χ3v) is 2.91. The number of nitrogens with one attached hydrogen (secondary N) is 1. The first-order chi connectivity index (χ1) is 8.18. The molecule has 0 unspecified atom stereocenters. The van der Waals surface area contributed by atoms with Gasteiger partial charge in [0, 0.05) is 31.7 Å². The molecule has 1 N–H and O–H groups in total. The van der Waals surface area contributed by atoms with E-state index in [0.29, 0.717) is 18.7 Å². The van der Waals surface area contributed by atoms with E-state index in [9.17, 15) is 9.59 Å². The van der Waals surface area contributed by atoms with Crippen molar-refractivity contribution in [2.75, 3.05) is 26.2 Å². The highest BCUT2D eigenvalue weighted by molar-refractivity contribution is 6.42. The van der Waals surface area contributed by atoms with Crippen LogP contribution in [0.1, 0.15) is 15.9 Å². The van der Waals surface area contributed by atoms with Crippen molar-refractivity contribution in [3.63, 3.8) is 0 Å². The number of rotatable bonds is 2. The first-order valence-electron chi connectivity index (χ1n) is 5.79. The molecule has 1 amide bonds. The zero-order chi connectivity index (χ0) is 12.3. The Morgan fingerprint density at radius 1 is 1.12 bits per heavy atom. The zero-order valence-corrected chi connectivity index (χ0v) is 9.90. The minimum atomic E-state index is -0.410. The van der Waals surface area contributed by atoms with Gasteiger partial charge in [-0.05, 0) is 6.92 Å². The van der Waals surface area contributed by atoms with E-state index in [0.717, 1.165) is 18.7 Å². The number of aryl methyl sites for hydroxylation is 1. The first kappa shape index (κ1) is 11.8. The normalized spacial score (nSPS) is 15.7. The van der Waals surface area contributed by atoms with Gasteiger partial charge in [-0.1, -0.05) is 29.8 Å². The maximum Gasteiger partial charge on any atom is 0.295 e. The minimum absolute atomic E-state index is 0.393. The summed E-state index contributed by atoms with van der Waals surface area (Å²) in [5, 5.41) is 3.15. The number of ketones is 1. The SMILES string of the molecule is Cc1ccc(C(=O)C(=O)N2CCNCC2)cc1. The minimum Gasteiger partial charge on any atom is -0.333 e. The molecule has 17 heavy (non-hydrogen) atoms. The van der Waals surface area contributed by atoms with Crippen LogP contribution < -0.4 is 5.32 Å². The van der Waals surface area contributed by atoms with Gasteiger partial charge in [-0.2, -0.15) is 0 Å². The van der Waals surface area contributed by atoms with E-state index in [4.69, 9.17) is 0 Å². The average molecular weight is 232 g/mol. The topological polar surface area (TPSA) is 49.4 Å². The van der Waals surface area contributed by atoms with Crippen LogP contribution in [0, 0.1) is 6.92 Å². The van der Waals surface area contributed by atoms with Crippen LogP contribution in [0.4, 0.5) is 0 Å². The summed E-state index contributed by atoms with van der Waals surface area (Å²) in [6.45, 7) is 4.68. The average Bonchev–Trinajstić information content (AvgIpc) is 2.39. The second kappa shape index (κ2) is 5.10. The van der Waals surface area contributed by atoms with Crippen molar-refractivity contribution in [1.29, 1.82) is 0 Å². The quantitative estimate of drug-likeness (QED) is 0.600. The lowest BCUT2D eigenvalue weighted by molar-refractivity contribution is -0.126. The van der Waals surface area contributed by atoms with E-state index in [2.05, 4.69) is 5.32 Å². The van der Waals surface area contributed by atoms with Gasteiger partial charge in [0.2, 0.25) is 5.78 Å². The third kappa shape index (κ3) is 2.71. The number of carbonyl (C=O) groups excluding carboxylic acids is 2. The van der Waals surface area contributed by atoms with Crippen LogP contribution in [0.3, 0.4) is 0 Å². The lowest BCUT2D eigenvalue weighted by Crippen LogP contribution is -2.48. The molecule has 0 radical (unpaired) electrons. The molecular formula is C13H16N2O2. The molecule has 1 aromatic rings. The fraction of sp³-hybridized carbons (Fsp3) is 0.385. The Balaban J connectivity index is 2.08. The van der Waals surface area contributed by atoms with E-state index >= 15 is 0 Å². The van der Waals surface area contributed by atoms with Crippen LogP contribution in [-0.2, 0) is 4.79 Å². The number of benzene rings is 1. The van der Waals surface area contributed by atoms with E-state index < -0.39 is 11.7 Å². The number of Topliss-reactive ketones (excluding diaryl/α,β-unsaturated/α-hetero) is 1. The second-order valence-corrected chi connectivity index (χ2v) is 4.24. The Kier molecular flexibility index (Phi) is 3.54. The number of nitrogens with zero attached hydrogens (tertiary/aromatic N) is 1. The van der Waals surface area contributed by atoms with Crippen molar-refractivity contribution in [2.24, 2.45) is 0 Å². The standard InChI is InChI=1S/C13H16N2O2/c1-10-2-4-11(5-3-10)12(16)13(17)15-8-6-14-7-9-15/h2-5,14H,6-9H2,1H3. The van der Waals surface area contributed by atoms with Gasteiger partial charge in [0.15, 0.2) is 0 Å². The maximum atomic E-state index is 11.9. The highest BCUT2D eigenvalue weighted by Gasteiger charge is 2.23. The molecule has 0 spiro atoms. The summed E-state index contributed by atoms with van der Waals surface area (Å²) < 4.78 is 0. The van der Waals surface area contributed by atoms with Gasteiger partial charge in [-0.15, -0.1) is 0 Å². The summed E-state index contributed by atoms with van der Waals surface area (Å²) in [6, 6.07) is 7.10. The first-order valence-corrected chi connectivity index (χ1v) is 5.79. The Hall–Kier alpha value is -1.68. The highest BCUT2D eigenvalue weighted by Crippen LogP contribution is 2.06. The van der Waals surface area contributed by atoms with E-state index in [1.807, 2.05) is 19.1 Å². The number of piperazine rings is 1. The van der Waals surface area contributed by atoms with E-state index in [1.54, 1.807) is 17.0 Å². The van der Waals surface area contributed by atoms with Gasteiger partial charge in [0.25, 0.3) is 5.91 Å². The lowest BCUT2D eigenvalue weighted by atomic mass is 10.1. The molecule has 0 atom stereocenters. The van der Waals surface area contributed by atoms with Crippen LogP contribution in [0.2, 0.25) is 0 Å². The van der Waals surface area contributed by atoms with Gasteiger partial charge in [-0.3, -0.25) is 9.59 Å². The molecule has 2 rings (SSSR count). The van der Waals surface area contributed by atoms with Crippen molar-refractivity contribution in [3.05, 3.63) is 35.4 Å². The molecule has 1 aromatic carbocycles. The Morgan fingerprint density at radius 3 is 2.29 bits per heavy atom. The molecular weight excluding hydrogens is 216 g/mol. The van der Waals surface area contributed by atoms with Gasteiger partial charge < -0.3 is 10.2 Å². The smallest absolute Gasteiger partial charge is 0.295 e. The van der Waals surface area contributed by atoms with Crippen LogP contribution in [0.25, 0.3) is 0 Å². The van der Waals surface area contributed by atoms with Gasteiger partial charge in [0.1, 0.15) is 0 Å². The summed E-state index contributed by atoms with van der Waals surface area (Å²) in [5.41, 5.74) is 1.55. The molecule has 1 aliphatic heterocycles. The molecule has 1 saturated heterocycles. The van der Waals surface area contributed by atoms with Crippen molar-refractivity contribution in [2.45, 2.75) is 6.92 Å². The Morgan fingerprint density at radius 2 is 1.71 bits per heavy atom. The van der Waals surface area contributed by atoms with Crippen LogP contribution in [0.5, 0.6) is 0 Å². The van der Waals surface area contributed by atoms with Crippen molar-refractivity contribution >= 4 is 11.7 Å². The number of carbonyl (C=O) groups is 2.